The van der Waals surface area contributed by atoms with Crippen molar-refractivity contribution >= 4 is 23.3 Å². The van der Waals surface area contributed by atoms with Crippen molar-refractivity contribution in [3.8, 4) is 0 Å². The zero-order valence-electron chi connectivity index (χ0n) is 18.9. The van der Waals surface area contributed by atoms with Crippen molar-refractivity contribution in [1.82, 2.24) is 0 Å². The van der Waals surface area contributed by atoms with E-state index in [1.54, 1.807) is 24.3 Å². The maximum absolute atomic E-state index is 12.9. The molecule has 0 aliphatic carbocycles. The third-order valence-electron chi connectivity index (χ3n) is 6.40. The Morgan fingerprint density at radius 2 is 1.34 bits per heavy atom. The van der Waals surface area contributed by atoms with Gasteiger partial charge in [0.1, 0.15) is 0 Å². The Bertz CT molecular complexity index is 1190. The molecule has 0 radical (unpaired) electrons. The summed E-state index contributed by atoms with van der Waals surface area (Å²) in [5, 5.41) is 0. The van der Waals surface area contributed by atoms with E-state index >= 15 is 0 Å². The lowest BCUT2D eigenvalue weighted by Crippen LogP contribution is -2.29. The van der Waals surface area contributed by atoms with Crippen molar-refractivity contribution in [2.75, 3.05) is 4.90 Å². The van der Waals surface area contributed by atoms with E-state index in [1.165, 1.54) is 29.0 Å². The number of hydrogen-bond acceptors (Lipinski definition) is 3. The van der Waals surface area contributed by atoms with Crippen LogP contribution in [0, 0.1) is 5.92 Å². The van der Waals surface area contributed by atoms with Crippen molar-refractivity contribution in [2.45, 2.75) is 40.0 Å². The molecule has 1 aliphatic heterocycles. The van der Waals surface area contributed by atoms with Gasteiger partial charge in [0.05, 0.1) is 16.8 Å². The first-order chi connectivity index (χ1) is 15.3. The van der Waals surface area contributed by atoms with Gasteiger partial charge in [-0.1, -0.05) is 63.2 Å². The highest BCUT2D eigenvalue weighted by Crippen LogP contribution is 2.30. The zero-order valence-corrected chi connectivity index (χ0v) is 18.9. The molecule has 0 spiro atoms. The lowest BCUT2D eigenvalue weighted by atomic mass is 9.89. The average molecular weight is 426 g/mol. The van der Waals surface area contributed by atoms with Crippen LogP contribution in [0.25, 0.3) is 0 Å². The van der Waals surface area contributed by atoms with Crippen LogP contribution in [0.4, 0.5) is 5.69 Å². The quantitative estimate of drug-likeness (QED) is 0.357. The number of hydrogen-bond donors (Lipinski definition) is 0. The van der Waals surface area contributed by atoms with Gasteiger partial charge in [0.15, 0.2) is 5.78 Å². The number of nitrogens with zero attached hydrogens (tertiary/aromatic N) is 1. The van der Waals surface area contributed by atoms with Gasteiger partial charge < -0.3 is 0 Å². The van der Waals surface area contributed by atoms with Crippen LogP contribution in [0.1, 0.15) is 81.4 Å². The fourth-order valence-corrected chi connectivity index (χ4v) is 4.02. The number of fused-ring (bicyclic) bond motifs is 1. The first kappa shape index (κ1) is 21.7. The van der Waals surface area contributed by atoms with Crippen LogP contribution in [-0.4, -0.2) is 17.6 Å². The van der Waals surface area contributed by atoms with E-state index in [4.69, 9.17) is 0 Å². The predicted molar refractivity (Wildman–Crippen MR) is 127 cm³/mol. The normalized spacial score (nSPS) is 14.1. The van der Waals surface area contributed by atoms with E-state index in [9.17, 15) is 14.4 Å². The second-order valence-corrected chi connectivity index (χ2v) is 8.88. The van der Waals surface area contributed by atoms with Gasteiger partial charge >= 0.3 is 0 Å². The van der Waals surface area contributed by atoms with Gasteiger partial charge in [-0.05, 0) is 66.1 Å². The predicted octanol–water partition coefficient (Wildman–Crippen LogP) is 6.04. The summed E-state index contributed by atoms with van der Waals surface area (Å²) in [6, 6.07) is 20.9. The minimum absolute atomic E-state index is 0.137. The minimum Gasteiger partial charge on any atom is -0.295 e. The molecule has 1 unspecified atom stereocenters. The van der Waals surface area contributed by atoms with Gasteiger partial charge in [0, 0.05) is 5.56 Å². The summed E-state index contributed by atoms with van der Waals surface area (Å²) >= 11 is 0. The fourth-order valence-electron chi connectivity index (χ4n) is 4.02. The SMILES string of the molecule is CC(=O)c1ccc2c(c1)C(=O)N(c1ccc(Cc3ccc(C(C)C(C)C)cc3)cc1)C2=O. The molecule has 1 heterocycles. The summed E-state index contributed by atoms with van der Waals surface area (Å²) < 4.78 is 0. The molecule has 32 heavy (non-hydrogen) atoms. The Morgan fingerprint density at radius 1 is 0.781 bits per heavy atom. The van der Waals surface area contributed by atoms with Crippen molar-refractivity contribution in [2.24, 2.45) is 5.92 Å². The van der Waals surface area contributed by atoms with E-state index < -0.39 is 5.91 Å². The molecule has 4 nitrogen and oxygen atoms in total. The van der Waals surface area contributed by atoms with E-state index in [2.05, 4.69) is 45.0 Å². The fraction of sp³-hybridized carbons (Fsp3) is 0.250. The topological polar surface area (TPSA) is 54.5 Å². The van der Waals surface area contributed by atoms with Gasteiger partial charge in [0.2, 0.25) is 0 Å². The third kappa shape index (κ3) is 4.01. The first-order valence-electron chi connectivity index (χ1n) is 11.0. The molecular formula is C28H27NO3. The lowest BCUT2D eigenvalue weighted by molar-refractivity contribution is 0.0925. The van der Waals surface area contributed by atoms with Crippen LogP contribution in [0.15, 0.2) is 66.7 Å². The standard InChI is InChI=1S/C28H27NO3/c1-17(2)18(3)22-9-5-20(6-10-22)15-21-7-12-24(13-8-21)29-27(31)25-14-11-23(19(4)30)16-26(25)28(29)32/h5-14,16-18H,15H2,1-4H3. The van der Waals surface area contributed by atoms with Crippen molar-refractivity contribution in [1.29, 1.82) is 0 Å². The maximum Gasteiger partial charge on any atom is 0.266 e. The zero-order chi connectivity index (χ0) is 23.0. The molecule has 4 heteroatoms. The molecule has 1 aliphatic rings. The van der Waals surface area contributed by atoms with Gasteiger partial charge in [-0.25, -0.2) is 4.90 Å². The van der Waals surface area contributed by atoms with Crippen molar-refractivity contribution in [3.05, 3.63) is 100 Å². The van der Waals surface area contributed by atoms with Crippen molar-refractivity contribution in [3.63, 3.8) is 0 Å². The molecule has 3 aromatic rings. The van der Waals surface area contributed by atoms with E-state index in [0.717, 1.165) is 12.0 Å². The number of imide groups is 1. The van der Waals surface area contributed by atoms with Gasteiger partial charge in [-0.3, -0.25) is 14.4 Å². The number of carbonyl (C=O) groups excluding carboxylic acids is 3. The molecule has 0 saturated heterocycles. The number of benzene rings is 3. The smallest absolute Gasteiger partial charge is 0.266 e. The molecule has 0 bridgehead atoms. The number of amides is 2. The number of ketones is 1. The molecular weight excluding hydrogens is 398 g/mol. The summed E-state index contributed by atoms with van der Waals surface area (Å²) in [4.78, 5) is 38.5. The highest BCUT2D eigenvalue weighted by Gasteiger charge is 2.36. The second-order valence-electron chi connectivity index (χ2n) is 8.88. The Morgan fingerprint density at radius 3 is 1.91 bits per heavy atom. The number of rotatable bonds is 6. The number of anilines is 1. The molecule has 4 rings (SSSR count). The minimum atomic E-state index is -0.393. The monoisotopic (exact) mass is 425 g/mol. The average Bonchev–Trinajstić information content (AvgIpc) is 3.04. The maximum atomic E-state index is 12.9. The Labute approximate surface area is 188 Å². The van der Waals surface area contributed by atoms with E-state index in [1.807, 2.05) is 12.1 Å². The Kier molecular flexibility index (Phi) is 5.79. The van der Waals surface area contributed by atoms with Gasteiger partial charge in [-0.2, -0.15) is 0 Å². The third-order valence-corrected chi connectivity index (χ3v) is 6.40. The lowest BCUT2D eigenvalue weighted by Gasteiger charge is -2.16. The largest absolute Gasteiger partial charge is 0.295 e. The summed E-state index contributed by atoms with van der Waals surface area (Å²) in [5.41, 5.74) is 5.24. The highest BCUT2D eigenvalue weighted by molar-refractivity contribution is 6.34. The molecule has 1 atom stereocenters. The number of carbonyl (C=O) groups is 3. The van der Waals surface area contributed by atoms with Crippen LogP contribution >= 0.6 is 0 Å². The van der Waals surface area contributed by atoms with Crippen LogP contribution < -0.4 is 4.90 Å². The van der Waals surface area contributed by atoms with Crippen LogP contribution in [0.2, 0.25) is 0 Å². The summed E-state index contributed by atoms with van der Waals surface area (Å²) in [6.07, 6.45) is 0.778. The second kappa shape index (κ2) is 8.54. The van der Waals surface area contributed by atoms with Crippen molar-refractivity contribution < 1.29 is 14.4 Å². The Hall–Kier alpha value is -3.53. The molecule has 0 N–H and O–H groups in total. The number of Topliss-reactive ketones (excluding diaryl/α,β-unsaturated/α-hetero) is 1. The molecule has 0 saturated carbocycles. The molecule has 3 aromatic carbocycles. The molecule has 0 aromatic heterocycles. The molecule has 162 valence electrons. The summed E-state index contributed by atoms with van der Waals surface area (Å²) in [7, 11) is 0. The van der Waals surface area contributed by atoms with Crippen LogP contribution in [0.5, 0.6) is 0 Å². The first-order valence-corrected chi connectivity index (χ1v) is 11.0. The summed E-state index contributed by atoms with van der Waals surface area (Å²) in [5.74, 6) is 0.236. The van der Waals surface area contributed by atoms with E-state index in [0.29, 0.717) is 28.7 Å². The van der Waals surface area contributed by atoms with Gasteiger partial charge in [-0.15, -0.1) is 0 Å². The molecule has 2 amide bonds. The Balaban J connectivity index is 1.51. The van der Waals surface area contributed by atoms with Crippen LogP contribution in [-0.2, 0) is 6.42 Å². The van der Waals surface area contributed by atoms with Gasteiger partial charge in [0.25, 0.3) is 11.8 Å². The van der Waals surface area contributed by atoms with Crippen LogP contribution in [0.3, 0.4) is 0 Å². The summed E-state index contributed by atoms with van der Waals surface area (Å²) in [6.45, 7) is 8.16. The van der Waals surface area contributed by atoms with E-state index in [-0.39, 0.29) is 17.3 Å². The highest BCUT2D eigenvalue weighted by atomic mass is 16.2. The molecule has 0 fully saturated rings.